The summed E-state index contributed by atoms with van der Waals surface area (Å²) in [6, 6.07) is 13.5. The van der Waals surface area contributed by atoms with Crippen molar-refractivity contribution in [2.75, 3.05) is 20.3 Å². The van der Waals surface area contributed by atoms with Crippen LogP contribution in [0.2, 0.25) is 0 Å². The van der Waals surface area contributed by atoms with Crippen molar-refractivity contribution in [2.24, 2.45) is 0 Å². The fourth-order valence-electron chi connectivity index (χ4n) is 2.39. The van der Waals surface area contributed by atoms with Crippen molar-refractivity contribution in [3.8, 4) is 17.6 Å². The molecular weight excluding hydrogens is 328 g/mol. The molecule has 1 aliphatic heterocycles. The van der Waals surface area contributed by atoms with Gasteiger partial charge in [-0.05, 0) is 29.8 Å². The van der Waals surface area contributed by atoms with Crippen LogP contribution in [0.4, 0.5) is 0 Å². The van der Waals surface area contributed by atoms with E-state index in [4.69, 9.17) is 14.7 Å². The molecule has 2 aromatic carbocycles. The maximum Gasteiger partial charge on any atom is 0.243 e. The van der Waals surface area contributed by atoms with Crippen LogP contribution in [-0.2, 0) is 16.6 Å². The topological polar surface area (TPSA) is 79.6 Å². The summed E-state index contributed by atoms with van der Waals surface area (Å²) in [7, 11) is -2.14. The zero-order valence-corrected chi connectivity index (χ0v) is 13.9. The van der Waals surface area contributed by atoms with Crippen molar-refractivity contribution < 1.29 is 17.9 Å². The number of benzene rings is 2. The van der Waals surface area contributed by atoms with E-state index >= 15 is 0 Å². The van der Waals surface area contributed by atoms with Gasteiger partial charge in [0, 0.05) is 19.7 Å². The third-order valence-electron chi connectivity index (χ3n) is 3.71. The average Bonchev–Trinajstić information content (AvgIpc) is 2.61. The molecule has 0 unspecified atom stereocenters. The maximum absolute atomic E-state index is 12.7. The number of hydrogen-bond acceptors (Lipinski definition) is 5. The van der Waals surface area contributed by atoms with E-state index in [1.807, 2.05) is 6.07 Å². The second kappa shape index (κ2) is 6.51. The zero-order chi connectivity index (χ0) is 17.2. The van der Waals surface area contributed by atoms with Crippen LogP contribution in [0.25, 0.3) is 0 Å². The van der Waals surface area contributed by atoms with Crippen molar-refractivity contribution in [3.63, 3.8) is 0 Å². The van der Waals surface area contributed by atoms with Gasteiger partial charge < -0.3 is 9.47 Å². The number of rotatable bonds is 4. The minimum atomic E-state index is -3.65. The SMILES string of the molecule is CN(Cc1ccc(C#N)cc1)S(=O)(=O)c1ccc2c(c1)OCCO2. The summed E-state index contributed by atoms with van der Waals surface area (Å²) in [5, 5.41) is 8.81. The van der Waals surface area contributed by atoms with Crippen LogP contribution < -0.4 is 9.47 Å². The molecule has 0 N–H and O–H groups in total. The minimum Gasteiger partial charge on any atom is -0.486 e. The van der Waals surface area contributed by atoms with Crippen LogP contribution >= 0.6 is 0 Å². The molecule has 0 atom stereocenters. The van der Waals surface area contributed by atoms with E-state index in [0.717, 1.165) is 5.56 Å². The lowest BCUT2D eigenvalue weighted by molar-refractivity contribution is 0.171. The van der Waals surface area contributed by atoms with Crippen molar-refractivity contribution in [3.05, 3.63) is 53.6 Å². The van der Waals surface area contributed by atoms with Crippen LogP contribution in [0.1, 0.15) is 11.1 Å². The number of nitriles is 1. The Morgan fingerprint density at radius 3 is 2.42 bits per heavy atom. The van der Waals surface area contributed by atoms with Crippen molar-refractivity contribution in [1.29, 1.82) is 5.26 Å². The Balaban J connectivity index is 1.82. The maximum atomic E-state index is 12.7. The highest BCUT2D eigenvalue weighted by molar-refractivity contribution is 7.89. The third kappa shape index (κ3) is 3.20. The van der Waals surface area contributed by atoms with Gasteiger partial charge in [0.05, 0.1) is 16.5 Å². The lowest BCUT2D eigenvalue weighted by Crippen LogP contribution is -2.26. The smallest absolute Gasteiger partial charge is 0.243 e. The fourth-order valence-corrected chi connectivity index (χ4v) is 3.57. The number of fused-ring (bicyclic) bond motifs is 1. The Morgan fingerprint density at radius 2 is 1.75 bits per heavy atom. The van der Waals surface area contributed by atoms with E-state index in [0.29, 0.717) is 30.3 Å². The summed E-state index contributed by atoms with van der Waals surface area (Å²) < 4.78 is 37.6. The second-order valence-electron chi connectivity index (χ2n) is 5.38. The van der Waals surface area contributed by atoms with Gasteiger partial charge in [0.2, 0.25) is 10.0 Å². The molecule has 0 aromatic heterocycles. The molecule has 0 saturated heterocycles. The summed E-state index contributed by atoms with van der Waals surface area (Å²) in [6.45, 7) is 1.07. The first-order valence-electron chi connectivity index (χ1n) is 7.36. The van der Waals surface area contributed by atoms with Gasteiger partial charge in [0.15, 0.2) is 11.5 Å². The van der Waals surface area contributed by atoms with Crippen LogP contribution in [-0.4, -0.2) is 33.0 Å². The van der Waals surface area contributed by atoms with Gasteiger partial charge in [-0.25, -0.2) is 8.42 Å². The average molecular weight is 344 g/mol. The van der Waals surface area contributed by atoms with Crippen LogP contribution in [0.3, 0.4) is 0 Å². The molecule has 0 fully saturated rings. The molecule has 1 heterocycles. The van der Waals surface area contributed by atoms with Gasteiger partial charge in [0.25, 0.3) is 0 Å². The Labute approximate surface area is 140 Å². The van der Waals surface area contributed by atoms with Crippen LogP contribution in [0.5, 0.6) is 11.5 Å². The molecule has 0 aliphatic carbocycles. The van der Waals surface area contributed by atoms with Gasteiger partial charge in [0.1, 0.15) is 13.2 Å². The van der Waals surface area contributed by atoms with Crippen molar-refractivity contribution >= 4 is 10.0 Å². The van der Waals surface area contributed by atoms with E-state index in [-0.39, 0.29) is 11.4 Å². The van der Waals surface area contributed by atoms with Gasteiger partial charge in [-0.1, -0.05) is 12.1 Å². The molecule has 1 aliphatic rings. The number of sulfonamides is 1. The molecule has 2 aromatic rings. The van der Waals surface area contributed by atoms with Crippen molar-refractivity contribution in [2.45, 2.75) is 11.4 Å². The highest BCUT2D eigenvalue weighted by Crippen LogP contribution is 2.33. The summed E-state index contributed by atoms with van der Waals surface area (Å²) in [5.41, 5.74) is 1.34. The van der Waals surface area contributed by atoms with E-state index in [1.54, 1.807) is 30.3 Å². The van der Waals surface area contributed by atoms with E-state index in [2.05, 4.69) is 0 Å². The summed E-state index contributed by atoms with van der Waals surface area (Å²) in [5.74, 6) is 0.990. The normalized spacial score (nSPS) is 13.5. The third-order valence-corrected chi connectivity index (χ3v) is 5.51. The quantitative estimate of drug-likeness (QED) is 0.849. The largest absolute Gasteiger partial charge is 0.486 e. The monoisotopic (exact) mass is 344 g/mol. The first kappa shape index (κ1) is 16.3. The van der Waals surface area contributed by atoms with E-state index in [1.165, 1.54) is 23.5 Å². The Bertz CT molecular complexity index is 886. The van der Waals surface area contributed by atoms with Crippen molar-refractivity contribution in [1.82, 2.24) is 4.31 Å². The Morgan fingerprint density at radius 1 is 1.08 bits per heavy atom. The first-order chi connectivity index (χ1) is 11.5. The Kier molecular flexibility index (Phi) is 4.42. The molecule has 24 heavy (non-hydrogen) atoms. The predicted octanol–water partition coefficient (Wildman–Crippen LogP) is 2.15. The van der Waals surface area contributed by atoms with Gasteiger partial charge in [-0.3, -0.25) is 0 Å². The Hall–Kier alpha value is -2.56. The van der Waals surface area contributed by atoms with E-state index in [9.17, 15) is 8.42 Å². The molecule has 0 saturated carbocycles. The molecule has 6 nitrogen and oxygen atoms in total. The number of hydrogen-bond donors (Lipinski definition) is 0. The highest BCUT2D eigenvalue weighted by atomic mass is 32.2. The lowest BCUT2D eigenvalue weighted by atomic mass is 10.1. The second-order valence-corrected chi connectivity index (χ2v) is 7.42. The zero-order valence-electron chi connectivity index (χ0n) is 13.1. The fraction of sp³-hybridized carbons (Fsp3) is 0.235. The predicted molar refractivity (Wildman–Crippen MR) is 87.2 cm³/mol. The number of nitrogens with zero attached hydrogens (tertiary/aromatic N) is 2. The summed E-state index contributed by atoms with van der Waals surface area (Å²) in [4.78, 5) is 0.155. The standard InChI is InChI=1S/C17H16N2O4S/c1-19(12-14-4-2-13(11-18)3-5-14)24(20,21)15-6-7-16-17(10-15)23-9-8-22-16/h2-7,10H,8-9,12H2,1H3. The molecule has 0 bridgehead atoms. The summed E-state index contributed by atoms with van der Waals surface area (Å²) >= 11 is 0. The van der Waals surface area contributed by atoms with E-state index < -0.39 is 10.0 Å². The van der Waals surface area contributed by atoms with Crippen LogP contribution in [0, 0.1) is 11.3 Å². The molecule has 0 radical (unpaired) electrons. The molecule has 0 amide bonds. The molecule has 0 spiro atoms. The lowest BCUT2D eigenvalue weighted by Gasteiger charge is -2.21. The van der Waals surface area contributed by atoms with Crippen LogP contribution in [0.15, 0.2) is 47.4 Å². The summed E-state index contributed by atoms with van der Waals surface area (Å²) in [6.07, 6.45) is 0. The minimum absolute atomic E-state index is 0.155. The molecule has 124 valence electrons. The molecular formula is C17H16N2O4S. The van der Waals surface area contributed by atoms with Gasteiger partial charge >= 0.3 is 0 Å². The van der Waals surface area contributed by atoms with Gasteiger partial charge in [-0.15, -0.1) is 0 Å². The highest BCUT2D eigenvalue weighted by Gasteiger charge is 2.23. The molecule has 3 rings (SSSR count). The van der Waals surface area contributed by atoms with Gasteiger partial charge in [-0.2, -0.15) is 9.57 Å². The first-order valence-corrected chi connectivity index (χ1v) is 8.80. The number of ether oxygens (including phenoxy) is 2. The molecule has 7 heteroatoms.